The van der Waals surface area contributed by atoms with Crippen molar-refractivity contribution >= 4 is 83.7 Å². The predicted octanol–water partition coefficient (Wildman–Crippen LogP) is 4.97. The number of phenolic OH excluding ortho intramolecular Hbond substituents is 1. The average Bonchev–Trinajstić information content (AvgIpc) is 4.30. The number of ether oxygens (including phenoxy) is 1. The number of aliphatic carboxylic acids is 1. The number of imide groups is 2. The van der Waals surface area contributed by atoms with Crippen LogP contribution in [0.2, 0.25) is 0 Å². The molecule has 1 saturated heterocycles. The number of piperidine rings is 1. The van der Waals surface area contributed by atoms with Gasteiger partial charge in [-0.25, -0.2) is 19.0 Å². The number of nitrogens with one attached hydrogen (secondary N) is 2. The molecule has 0 radical (unpaired) electrons. The Morgan fingerprint density at radius 1 is 0.855 bits per heavy atom. The van der Waals surface area contributed by atoms with Gasteiger partial charge in [0, 0.05) is 114 Å². The third-order valence-corrected chi connectivity index (χ3v) is 20.1. The maximum absolute atomic E-state index is 15.1. The number of anilines is 1. The lowest BCUT2D eigenvalue weighted by Crippen LogP contribution is -2.48. The van der Waals surface area contributed by atoms with Gasteiger partial charge in [-0.2, -0.15) is 0 Å². The molecular formula is C57H83N10O14PS. The number of rotatable bonds is 32. The van der Waals surface area contributed by atoms with Crippen LogP contribution in [-0.4, -0.2) is 201 Å². The van der Waals surface area contributed by atoms with E-state index < -0.39 is 85.0 Å². The molecule has 0 spiro atoms. The number of amides is 7. The molecule has 1 unspecified atom stereocenters. The Balaban J connectivity index is 1.28. The first-order chi connectivity index (χ1) is 39.1. The van der Waals surface area contributed by atoms with Gasteiger partial charge in [-0.05, 0) is 90.0 Å². The predicted molar refractivity (Wildman–Crippen MR) is 310 cm³/mol. The number of benzene rings is 1. The third-order valence-electron chi connectivity index (χ3n) is 15.9. The zero-order valence-corrected chi connectivity index (χ0v) is 51.3. The minimum atomic E-state index is -3.84. The number of thiazole rings is 1. The second kappa shape index (κ2) is 30.4. The van der Waals surface area contributed by atoms with Gasteiger partial charge in [0.25, 0.3) is 37.1 Å². The van der Waals surface area contributed by atoms with Crippen molar-refractivity contribution in [1.29, 1.82) is 0 Å². The fourth-order valence-corrected chi connectivity index (χ4v) is 14.1. The molecule has 4 N–H and O–H groups in total. The molecule has 456 valence electrons. The largest absolute Gasteiger partial charge is 0.506 e. The van der Waals surface area contributed by atoms with Crippen molar-refractivity contribution in [1.82, 2.24) is 43.9 Å². The van der Waals surface area contributed by atoms with Gasteiger partial charge in [-0.1, -0.05) is 53.5 Å². The number of likely N-dealkylation sites (tertiary alicyclic amines) is 1. The number of ketones is 1. The SMILES string of the molecule is CC[C@H](C)[C@H](CC(=O)[C@H]1CCCCN1C)C(=O)N(C)[C@H](C[C@@H](OC(C)=O)c1nc(C(=O)N[C@@H](Cc2ccc(O)c(NC(=O)CCN(C)P(=O)(N(C)CCN3C(=O)C=CC3=O)N(C)CCN3C(=O)C=CC3=O)c2)CC(C)C(=O)O)cs1)C(C)C. The summed E-state index contributed by atoms with van der Waals surface area (Å²) in [5, 5.41) is 28.2. The van der Waals surface area contributed by atoms with Crippen LogP contribution in [0.4, 0.5) is 5.69 Å². The smallest absolute Gasteiger partial charge is 0.306 e. The monoisotopic (exact) mass is 1190 g/mol. The highest BCUT2D eigenvalue weighted by molar-refractivity contribution is 7.56. The number of carboxylic acids is 1. The molecule has 83 heavy (non-hydrogen) atoms. The highest BCUT2D eigenvalue weighted by Crippen LogP contribution is 2.54. The van der Waals surface area contributed by atoms with E-state index >= 15 is 4.57 Å². The van der Waals surface area contributed by atoms with Crippen LogP contribution in [0, 0.1) is 23.7 Å². The molecule has 7 atom stereocenters. The summed E-state index contributed by atoms with van der Waals surface area (Å²) >= 11 is 1.08. The van der Waals surface area contributed by atoms with E-state index in [1.54, 1.807) is 18.0 Å². The Morgan fingerprint density at radius 3 is 1.96 bits per heavy atom. The quantitative estimate of drug-likeness (QED) is 0.0325. The van der Waals surface area contributed by atoms with Gasteiger partial charge in [0.15, 0.2) is 11.9 Å². The molecule has 1 fully saturated rings. The first kappa shape index (κ1) is 67.3. The first-order valence-electron chi connectivity index (χ1n) is 28.2. The van der Waals surface area contributed by atoms with Crippen LogP contribution in [0.15, 0.2) is 47.9 Å². The number of phenols is 1. The van der Waals surface area contributed by atoms with Gasteiger partial charge in [0.1, 0.15) is 16.5 Å². The van der Waals surface area contributed by atoms with Crippen molar-refractivity contribution in [2.75, 3.05) is 79.8 Å². The van der Waals surface area contributed by atoms with Crippen molar-refractivity contribution in [3.8, 4) is 5.75 Å². The highest BCUT2D eigenvalue weighted by Gasteiger charge is 2.41. The third kappa shape index (κ3) is 17.8. The zero-order valence-electron chi connectivity index (χ0n) is 49.6. The van der Waals surface area contributed by atoms with E-state index in [1.165, 1.54) is 66.5 Å². The number of carbonyl (C=O) groups excluding carboxylic acids is 9. The van der Waals surface area contributed by atoms with Gasteiger partial charge in [-0.3, -0.25) is 67.2 Å². The summed E-state index contributed by atoms with van der Waals surface area (Å²) in [4.78, 5) is 140. The number of nitrogens with zero attached hydrogens (tertiary/aromatic N) is 8. The van der Waals surface area contributed by atoms with Crippen molar-refractivity contribution in [2.45, 2.75) is 124 Å². The molecule has 26 heteroatoms. The second-order valence-corrected chi connectivity index (χ2v) is 26.3. The minimum Gasteiger partial charge on any atom is -0.506 e. The fraction of sp³-hybridized carbons (Fsp3) is 0.596. The van der Waals surface area contributed by atoms with Gasteiger partial charge in [0.05, 0.1) is 17.6 Å². The molecule has 24 nitrogen and oxygen atoms in total. The number of aromatic nitrogens is 1. The molecule has 5 rings (SSSR count). The molecule has 0 bridgehead atoms. The van der Waals surface area contributed by atoms with Crippen molar-refractivity contribution in [3.63, 3.8) is 0 Å². The number of hydrogen-bond donors (Lipinski definition) is 4. The molecule has 7 amide bonds. The molecule has 2 aromatic rings. The summed E-state index contributed by atoms with van der Waals surface area (Å²) in [6.45, 7) is 11.0. The molecule has 3 aliphatic heterocycles. The van der Waals surface area contributed by atoms with E-state index in [-0.39, 0.29) is 112 Å². The first-order valence-corrected chi connectivity index (χ1v) is 30.6. The lowest BCUT2D eigenvalue weighted by atomic mass is 9.83. The van der Waals surface area contributed by atoms with Crippen molar-refractivity contribution in [2.24, 2.45) is 23.7 Å². The van der Waals surface area contributed by atoms with Crippen LogP contribution < -0.4 is 10.6 Å². The van der Waals surface area contributed by atoms with E-state index in [2.05, 4.69) is 20.5 Å². The van der Waals surface area contributed by atoms with Gasteiger partial charge in [-0.15, -0.1) is 11.3 Å². The summed E-state index contributed by atoms with van der Waals surface area (Å²) in [6.07, 6.45) is 6.99. The molecular weight excluding hydrogens is 1110 g/mol. The maximum atomic E-state index is 15.1. The van der Waals surface area contributed by atoms with Gasteiger partial charge < -0.3 is 30.5 Å². The molecule has 0 saturated carbocycles. The molecule has 1 aromatic carbocycles. The van der Waals surface area contributed by atoms with Crippen LogP contribution in [0.5, 0.6) is 5.75 Å². The second-order valence-electron chi connectivity index (χ2n) is 22.3. The number of aromatic hydroxyl groups is 1. The van der Waals surface area contributed by atoms with Crippen LogP contribution in [0.1, 0.15) is 120 Å². The Labute approximate surface area is 490 Å². The number of likely N-dealkylation sites (N-methyl/N-ethyl adjacent to an activating group) is 3. The van der Waals surface area contributed by atoms with E-state index in [9.17, 15) is 58.2 Å². The summed E-state index contributed by atoms with van der Waals surface area (Å²) < 4.78 is 25.2. The van der Waals surface area contributed by atoms with Gasteiger partial charge >= 0.3 is 11.9 Å². The lowest BCUT2D eigenvalue weighted by molar-refractivity contribution is -0.150. The minimum absolute atomic E-state index is 0.00471. The van der Waals surface area contributed by atoms with Crippen molar-refractivity contribution in [3.05, 3.63) is 64.1 Å². The summed E-state index contributed by atoms with van der Waals surface area (Å²) in [5.41, 5.74) is 0.460. The van der Waals surface area contributed by atoms with Crippen molar-refractivity contribution < 1.29 is 67.5 Å². The Bertz CT molecular complexity index is 2750. The van der Waals surface area contributed by atoms with Gasteiger partial charge in [0.2, 0.25) is 11.8 Å². The van der Waals surface area contributed by atoms with Crippen LogP contribution in [0.3, 0.4) is 0 Å². The maximum Gasteiger partial charge on any atom is 0.306 e. The van der Waals surface area contributed by atoms with Crippen LogP contribution in [-0.2, 0) is 58.9 Å². The summed E-state index contributed by atoms with van der Waals surface area (Å²) in [6, 6.07) is 2.85. The molecule has 4 heterocycles. The van der Waals surface area contributed by atoms with Crippen LogP contribution >= 0.6 is 18.9 Å². The average molecular weight is 1200 g/mol. The van der Waals surface area contributed by atoms with E-state index in [0.29, 0.717) is 17.0 Å². The molecule has 0 aliphatic carbocycles. The Kier molecular flexibility index (Phi) is 24.6. The van der Waals surface area contributed by atoms with E-state index in [1.807, 2.05) is 34.7 Å². The molecule has 1 aromatic heterocycles. The topological polar surface area (TPSA) is 297 Å². The Morgan fingerprint density at radius 2 is 1.43 bits per heavy atom. The summed E-state index contributed by atoms with van der Waals surface area (Å²) in [7, 11) is 4.36. The number of esters is 1. The van der Waals surface area contributed by atoms with E-state index in [4.69, 9.17) is 4.74 Å². The zero-order chi connectivity index (χ0) is 61.6. The number of hydrogen-bond acceptors (Lipinski definition) is 16. The molecule has 3 aliphatic rings. The Hall–Kier alpha value is -6.50. The standard InChI is InChI=1S/C57H83N10O14PS/c1-12-36(4)41(32-47(70)44-15-13-14-23-61(44)7)56(77)65(11)45(35(2)3)33-48(81-38(6)68)55-60-43(34-83-55)54(76)58-40(29-37(5)57(78)79)30-39-16-17-46(69)42(31-39)59-49(71)22-24-62(8)82(80,63(9)25-27-66-50(72)18-19-51(66)73)64(10)26-28-67-52(74)20-21-53(67)75/h16-21,31,34-37,40-41,44-45,48,69H,12-15,22-30,32-33H2,1-11H3,(H,58,76)(H,59,71)(H,78,79)/t36-,37?,40+,41-,44+,45+,48+/m0/s1. The van der Waals surface area contributed by atoms with Crippen LogP contribution in [0.25, 0.3) is 0 Å². The number of Topliss-reactive ketones (excluding diaryl/α,β-unsaturated/α-hetero) is 1. The number of carbonyl (C=O) groups is 10. The fourth-order valence-electron chi connectivity index (χ4n) is 10.6. The highest BCUT2D eigenvalue weighted by atomic mass is 32.1. The normalized spacial score (nSPS) is 18.0. The number of carboxylic acid groups (broad SMARTS) is 1. The summed E-state index contributed by atoms with van der Waals surface area (Å²) in [5.74, 6) is -7.19. The van der Waals surface area contributed by atoms with E-state index in [0.717, 1.165) is 71.2 Å². The lowest BCUT2D eigenvalue weighted by Gasteiger charge is -2.41.